The highest BCUT2D eigenvalue weighted by molar-refractivity contribution is 6.34. The summed E-state index contributed by atoms with van der Waals surface area (Å²) < 4.78 is 0. The van der Waals surface area contributed by atoms with E-state index in [1.807, 2.05) is 16.8 Å². The van der Waals surface area contributed by atoms with E-state index in [2.05, 4.69) is 82.7 Å². The van der Waals surface area contributed by atoms with Crippen LogP contribution in [0.25, 0.3) is 0 Å². The number of allylic oxidation sites excluding steroid dienone is 1. The number of imide groups is 1. The second-order valence-electron chi connectivity index (χ2n) is 20.3. The van der Waals surface area contributed by atoms with Gasteiger partial charge in [0.15, 0.2) is 0 Å². The lowest BCUT2D eigenvalue weighted by molar-refractivity contribution is -0.146. The van der Waals surface area contributed by atoms with Gasteiger partial charge in [-0.2, -0.15) is 5.01 Å². The number of nitrogens with one attached hydrogen (secondary N) is 5. The van der Waals surface area contributed by atoms with Gasteiger partial charge in [0.1, 0.15) is 6.29 Å². The number of hydrazine groups is 1. The molecular weight excluding hydrogens is 872 g/mol. The van der Waals surface area contributed by atoms with Crippen LogP contribution in [-0.2, 0) is 9.59 Å². The molecule has 10 rings (SSSR count). The number of likely N-dealkylation sites (tertiary alicyclic amines) is 2. The summed E-state index contributed by atoms with van der Waals surface area (Å²) >= 11 is 6.43. The first-order valence-corrected chi connectivity index (χ1v) is 25.4. The van der Waals surface area contributed by atoms with Gasteiger partial charge in [0, 0.05) is 94.3 Å². The van der Waals surface area contributed by atoms with Gasteiger partial charge in [0.25, 0.3) is 5.91 Å². The summed E-state index contributed by atoms with van der Waals surface area (Å²) in [4.78, 5) is 62.7. The molecule has 6 N–H and O–H groups in total. The predicted molar refractivity (Wildman–Crippen MR) is 258 cm³/mol. The average molecular weight is 942 g/mol. The van der Waals surface area contributed by atoms with Crippen LogP contribution in [0.5, 0.6) is 0 Å². The molecule has 0 radical (unpaired) electrons. The maximum atomic E-state index is 13.8. The lowest BCUT2D eigenvalue weighted by Gasteiger charge is -2.47. The fraction of sp³-hybridized carbons (Fsp3) is 0.633. The summed E-state index contributed by atoms with van der Waals surface area (Å²) in [6.07, 6.45) is 12.6. The maximum Gasteiger partial charge on any atom is 0.328 e. The number of hydrogen-bond acceptors (Lipinski definition) is 13. The predicted octanol–water partition coefficient (Wildman–Crippen LogP) is 3.38. The monoisotopic (exact) mass is 941 g/mol. The highest BCUT2D eigenvalue weighted by atomic mass is 35.5. The van der Waals surface area contributed by atoms with E-state index in [1.54, 1.807) is 18.2 Å². The first-order valence-electron chi connectivity index (χ1n) is 25.0. The van der Waals surface area contributed by atoms with Gasteiger partial charge in [0.2, 0.25) is 11.8 Å². The number of hydrogen-bond donors (Lipinski definition) is 6. The van der Waals surface area contributed by atoms with E-state index in [1.165, 1.54) is 23.4 Å². The van der Waals surface area contributed by atoms with Crippen LogP contribution in [0.3, 0.4) is 0 Å². The van der Waals surface area contributed by atoms with Crippen molar-refractivity contribution >= 4 is 52.4 Å². The first-order chi connectivity index (χ1) is 32.5. The van der Waals surface area contributed by atoms with Crippen LogP contribution < -0.4 is 36.4 Å². The van der Waals surface area contributed by atoms with Crippen molar-refractivity contribution in [2.75, 3.05) is 93.7 Å². The number of fused-ring (bicyclic) bond motifs is 6. The zero-order valence-electron chi connectivity index (χ0n) is 38.9. The highest BCUT2D eigenvalue weighted by Gasteiger charge is 2.53. The van der Waals surface area contributed by atoms with Crippen LogP contribution in [0.4, 0.5) is 21.9 Å². The number of amides is 5. The molecule has 8 aliphatic rings. The largest absolute Gasteiger partial charge is 0.389 e. The fourth-order valence-corrected chi connectivity index (χ4v) is 12.2. The topological polar surface area (TPSA) is 171 Å². The minimum Gasteiger partial charge on any atom is -0.389 e. The SMILES string of the molecule is C[C@@]1(O)CC/C=C\CN2C(=O)C3CNC(Nc4ccc(N5CCN(C6CCN(CC7CCN(C(=O)c8ccc(Cl)c(N9CCC(=O)NC9=O)c8)CC7)CC6)CC5)cc4)NC3N2C2CCCC1N2. The molecule has 0 spiro atoms. The Morgan fingerprint density at radius 3 is 2.42 bits per heavy atom. The molecule has 18 heteroatoms. The van der Waals surface area contributed by atoms with Crippen molar-refractivity contribution in [3.8, 4) is 0 Å². The molecule has 67 heavy (non-hydrogen) atoms. The molecule has 0 aromatic heterocycles. The molecule has 8 heterocycles. The number of rotatable bonds is 8. The van der Waals surface area contributed by atoms with Crippen molar-refractivity contribution in [2.24, 2.45) is 11.8 Å². The van der Waals surface area contributed by atoms with E-state index in [0.29, 0.717) is 60.8 Å². The second kappa shape index (κ2) is 19.9. The molecule has 2 aromatic rings. The van der Waals surface area contributed by atoms with Crippen LogP contribution in [0.1, 0.15) is 81.5 Å². The van der Waals surface area contributed by atoms with Gasteiger partial charge in [0.05, 0.1) is 41.1 Å². The Kier molecular flexibility index (Phi) is 13.8. The van der Waals surface area contributed by atoms with Gasteiger partial charge >= 0.3 is 6.03 Å². The Bertz CT molecular complexity index is 2150. The normalized spacial score (nSPS) is 31.5. The number of nitrogens with zero attached hydrogens (tertiary/aromatic N) is 7. The average Bonchev–Trinajstić information content (AvgIpc) is 3.61. The Labute approximate surface area is 399 Å². The molecular formula is C49H69ClN12O5. The van der Waals surface area contributed by atoms with Crippen molar-refractivity contribution in [3.05, 3.63) is 65.2 Å². The summed E-state index contributed by atoms with van der Waals surface area (Å²) in [6, 6.07) is 13.9. The van der Waals surface area contributed by atoms with Crippen molar-refractivity contribution < 1.29 is 24.3 Å². The number of halogens is 1. The van der Waals surface area contributed by atoms with Gasteiger partial charge in [-0.15, -0.1) is 0 Å². The molecule has 7 fully saturated rings. The number of aliphatic hydroxyl groups is 1. The molecule has 0 aliphatic carbocycles. The van der Waals surface area contributed by atoms with Crippen LogP contribution in [0.2, 0.25) is 5.02 Å². The van der Waals surface area contributed by atoms with E-state index in [9.17, 15) is 24.3 Å². The maximum absolute atomic E-state index is 13.8. The van der Waals surface area contributed by atoms with Gasteiger partial charge < -0.3 is 25.1 Å². The Balaban J connectivity index is 0.654. The minimum absolute atomic E-state index is 0.0199. The Morgan fingerprint density at radius 2 is 1.66 bits per heavy atom. The van der Waals surface area contributed by atoms with Crippen LogP contribution in [0, 0.1) is 11.8 Å². The Morgan fingerprint density at radius 1 is 0.881 bits per heavy atom. The Hall–Kier alpha value is -4.33. The van der Waals surface area contributed by atoms with Crippen LogP contribution in [0.15, 0.2) is 54.6 Å². The fourth-order valence-electron chi connectivity index (χ4n) is 12.0. The first kappa shape index (κ1) is 46.4. The zero-order chi connectivity index (χ0) is 46.2. The third-order valence-electron chi connectivity index (χ3n) is 16.0. The molecule has 6 atom stereocenters. The van der Waals surface area contributed by atoms with Crippen molar-refractivity contribution in [2.45, 2.75) is 107 Å². The lowest BCUT2D eigenvalue weighted by Crippen LogP contribution is -2.69. The van der Waals surface area contributed by atoms with E-state index in [-0.39, 0.29) is 61.3 Å². The molecule has 5 unspecified atom stereocenters. The number of anilines is 3. The number of carbonyl (C=O) groups is 4. The number of carbonyl (C=O) groups excluding carboxylic acids is 4. The van der Waals surface area contributed by atoms with Crippen LogP contribution >= 0.6 is 11.6 Å². The number of urea groups is 1. The standard InChI is InChI=1S/C49H69ClN12O5/c1-49(67)19-3-2-4-20-61-46(65)38-31-51-47(55-44(38)62(61)42-7-5-6-41(49)53-42)52-35-9-11-36(12-10-35)57-26-28-58(29-27-57)37-16-21-56(22-17-37)32-33-14-23-59(24-15-33)45(64)34-8-13-39(50)40(30-34)60-25-18-43(63)54-48(60)66/h2,4,8-13,30,33,37-38,41-42,44,47,51-53,55,67H,3,5-7,14-29,31-32H2,1H3,(H,54,63,66)/b4-2-/t38?,41?,42?,44?,47?,49-/m1/s1. The zero-order valence-corrected chi connectivity index (χ0v) is 39.6. The summed E-state index contributed by atoms with van der Waals surface area (Å²) in [7, 11) is 0. The number of piperazine rings is 1. The molecule has 362 valence electrons. The molecule has 5 amide bonds. The second-order valence-corrected chi connectivity index (χ2v) is 20.7. The van der Waals surface area contributed by atoms with Crippen molar-refractivity contribution in [1.29, 1.82) is 0 Å². The number of piperidine rings is 3. The molecule has 2 aromatic carbocycles. The molecule has 2 bridgehead atoms. The molecule has 7 saturated heterocycles. The highest BCUT2D eigenvalue weighted by Crippen LogP contribution is 2.35. The third kappa shape index (κ3) is 10.1. The molecule has 17 nitrogen and oxygen atoms in total. The molecule has 0 saturated carbocycles. The summed E-state index contributed by atoms with van der Waals surface area (Å²) in [5, 5.41) is 32.9. The van der Waals surface area contributed by atoms with E-state index >= 15 is 0 Å². The van der Waals surface area contributed by atoms with Gasteiger partial charge in [-0.05, 0) is 126 Å². The minimum atomic E-state index is -0.808. The summed E-state index contributed by atoms with van der Waals surface area (Å²) in [6.45, 7) is 12.1. The van der Waals surface area contributed by atoms with E-state index < -0.39 is 11.6 Å². The quantitative estimate of drug-likeness (QED) is 0.213. The number of benzene rings is 2. The van der Waals surface area contributed by atoms with Gasteiger partial charge in [-0.1, -0.05) is 23.8 Å². The lowest BCUT2D eigenvalue weighted by atomic mass is 9.85. The molecule has 8 aliphatic heterocycles. The van der Waals surface area contributed by atoms with Crippen molar-refractivity contribution in [1.82, 2.24) is 46.0 Å². The smallest absolute Gasteiger partial charge is 0.328 e. The summed E-state index contributed by atoms with van der Waals surface area (Å²) in [5.41, 5.74) is 2.40. The van der Waals surface area contributed by atoms with Crippen molar-refractivity contribution in [3.63, 3.8) is 0 Å². The van der Waals surface area contributed by atoms with Crippen LogP contribution in [-0.4, -0.2) is 168 Å². The van der Waals surface area contributed by atoms with E-state index in [4.69, 9.17) is 11.6 Å². The van der Waals surface area contributed by atoms with E-state index in [0.717, 1.165) is 90.0 Å². The van der Waals surface area contributed by atoms with Gasteiger partial charge in [-0.3, -0.25) is 50.5 Å². The third-order valence-corrected chi connectivity index (χ3v) is 16.3. The summed E-state index contributed by atoms with van der Waals surface area (Å²) in [5.74, 6) is 0.135. The van der Waals surface area contributed by atoms with Gasteiger partial charge in [-0.25, -0.2) is 4.79 Å².